The van der Waals surface area contributed by atoms with Crippen LogP contribution in [0.1, 0.15) is 37.0 Å². The summed E-state index contributed by atoms with van der Waals surface area (Å²) < 4.78 is 1.64. The molecule has 2 heterocycles. The largest absolute Gasteiger partial charge is 0.355 e. The number of H-pyrrole nitrogens is 1. The molecule has 0 spiro atoms. The van der Waals surface area contributed by atoms with Gasteiger partial charge in [0, 0.05) is 29.6 Å². The lowest BCUT2D eigenvalue weighted by molar-refractivity contribution is -0.113. The SMILES string of the molecule is CCCCn1c(SCC(=O)Nc2cccc(C(C)=O)c2)nc2c(-c3ccccc3)c[nH]c2c1=O. The number of carbonyl (C=O) groups excluding carboxylic acids is 2. The molecule has 0 radical (unpaired) electrons. The molecule has 4 aromatic rings. The normalized spacial score (nSPS) is 11.0. The van der Waals surface area contributed by atoms with Gasteiger partial charge in [0.1, 0.15) is 11.0 Å². The third kappa shape index (κ3) is 5.12. The minimum atomic E-state index is -0.237. The zero-order valence-corrected chi connectivity index (χ0v) is 19.9. The quantitative estimate of drug-likeness (QED) is 0.199. The number of unbranched alkanes of at least 4 members (excludes halogenated alkanes) is 1. The van der Waals surface area contributed by atoms with Crippen molar-refractivity contribution in [2.24, 2.45) is 0 Å². The second-order valence-electron chi connectivity index (χ2n) is 7.97. The maximum Gasteiger partial charge on any atom is 0.278 e. The molecule has 8 heteroatoms. The molecule has 0 aliphatic carbocycles. The summed E-state index contributed by atoms with van der Waals surface area (Å²) in [6, 6.07) is 16.6. The fourth-order valence-corrected chi connectivity index (χ4v) is 4.50. The van der Waals surface area contributed by atoms with Crippen LogP contribution in [0.25, 0.3) is 22.2 Å². The van der Waals surface area contributed by atoms with Gasteiger partial charge >= 0.3 is 0 Å². The highest BCUT2D eigenvalue weighted by Crippen LogP contribution is 2.28. The number of amides is 1. The number of aromatic amines is 1. The van der Waals surface area contributed by atoms with Crippen LogP contribution < -0.4 is 10.9 Å². The van der Waals surface area contributed by atoms with Gasteiger partial charge in [-0.3, -0.25) is 19.0 Å². The summed E-state index contributed by atoms with van der Waals surface area (Å²) in [5.74, 6) is -0.220. The summed E-state index contributed by atoms with van der Waals surface area (Å²) in [4.78, 5) is 45.4. The Morgan fingerprint density at radius 3 is 2.65 bits per heavy atom. The monoisotopic (exact) mass is 474 g/mol. The molecule has 174 valence electrons. The lowest BCUT2D eigenvalue weighted by atomic mass is 10.1. The van der Waals surface area contributed by atoms with Crippen LogP contribution >= 0.6 is 11.8 Å². The third-order valence-corrected chi connectivity index (χ3v) is 6.43. The van der Waals surface area contributed by atoms with E-state index in [1.807, 2.05) is 36.5 Å². The van der Waals surface area contributed by atoms with E-state index in [2.05, 4.69) is 17.2 Å². The van der Waals surface area contributed by atoms with Gasteiger partial charge in [-0.2, -0.15) is 0 Å². The maximum absolute atomic E-state index is 13.3. The summed E-state index contributed by atoms with van der Waals surface area (Å²) in [5, 5.41) is 3.33. The van der Waals surface area contributed by atoms with E-state index < -0.39 is 0 Å². The first-order valence-electron chi connectivity index (χ1n) is 11.2. The van der Waals surface area contributed by atoms with Crippen molar-refractivity contribution in [1.29, 1.82) is 0 Å². The van der Waals surface area contributed by atoms with Gasteiger partial charge in [0.2, 0.25) is 5.91 Å². The summed E-state index contributed by atoms with van der Waals surface area (Å²) in [5.41, 5.74) is 3.83. The summed E-state index contributed by atoms with van der Waals surface area (Å²) in [6.07, 6.45) is 3.57. The van der Waals surface area contributed by atoms with Crippen molar-refractivity contribution >= 4 is 40.2 Å². The zero-order chi connectivity index (χ0) is 24.1. The van der Waals surface area contributed by atoms with Crippen LogP contribution in [0, 0.1) is 0 Å². The lowest BCUT2D eigenvalue weighted by Gasteiger charge is -2.12. The molecule has 7 nitrogen and oxygen atoms in total. The Morgan fingerprint density at radius 1 is 1.12 bits per heavy atom. The van der Waals surface area contributed by atoms with E-state index in [1.54, 1.807) is 28.8 Å². The van der Waals surface area contributed by atoms with E-state index in [9.17, 15) is 14.4 Å². The molecule has 2 N–H and O–H groups in total. The van der Waals surface area contributed by atoms with Crippen LogP contribution in [-0.2, 0) is 11.3 Å². The molecule has 0 bridgehead atoms. The van der Waals surface area contributed by atoms with Crippen LogP contribution in [0.3, 0.4) is 0 Å². The molecule has 0 unspecified atom stereocenters. The molecule has 34 heavy (non-hydrogen) atoms. The number of aromatic nitrogens is 3. The molecule has 2 aromatic carbocycles. The second-order valence-corrected chi connectivity index (χ2v) is 8.91. The van der Waals surface area contributed by atoms with Crippen LogP contribution in [0.4, 0.5) is 5.69 Å². The molecular weight excluding hydrogens is 448 g/mol. The van der Waals surface area contributed by atoms with Crippen molar-refractivity contribution in [2.45, 2.75) is 38.4 Å². The van der Waals surface area contributed by atoms with Crippen molar-refractivity contribution in [3.63, 3.8) is 0 Å². The number of rotatable bonds is 9. The summed E-state index contributed by atoms with van der Waals surface area (Å²) in [6.45, 7) is 4.08. The van der Waals surface area contributed by atoms with Gasteiger partial charge in [-0.05, 0) is 31.0 Å². The first-order valence-corrected chi connectivity index (χ1v) is 12.2. The number of nitrogens with zero attached hydrogens (tertiary/aromatic N) is 2. The Bertz CT molecular complexity index is 1390. The Balaban J connectivity index is 1.62. The van der Waals surface area contributed by atoms with E-state index in [0.717, 1.165) is 24.0 Å². The number of hydrogen-bond donors (Lipinski definition) is 2. The van der Waals surface area contributed by atoms with E-state index in [1.165, 1.54) is 18.7 Å². The number of ketones is 1. The van der Waals surface area contributed by atoms with Crippen LogP contribution in [0.15, 0.2) is 70.7 Å². The summed E-state index contributed by atoms with van der Waals surface area (Å²) in [7, 11) is 0. The first-order chi connectivity index (χ1) is 16.5. The molecule has 0 aliphatic heterocycles. The minimum Gasteiger partial charge on any atom is -0.355 e. The molecule has 0 saturated carbocycles. The maximum atomic E-state index is 13.3. The van der Waals surface area contributed by atoms with Gasteiger partial charge in [-0.1, -0.05) is 67.6 Å². The predicted molar refractivity (Wildman–Crippen MR) is 136 cm³/mol. The van der Waals surface area contributed by atoms with Gasteiger partial charge in [0.25, 0.3) is 5.56 Å². The number of fused-ring (bicyclic) bond motifs is 1. The Morgan fingerprint density at radius 2 is 1.91 bits per heavy atom. The molecule has 0 aliphatic rings. The van der Waals surface area contributed by atoms with E-state index >= 15 is 0 Å². The second kappa shape index (κ2) is 10.5. The number of thioether (sulfide) groups is 1. The van der Waals surface area contributed by atoms with Crippen LogP contribution in [-0.4, -0.2) is 32.0 Å². The number of benzene rings is 2. The Kier molecular flexibility index (Phi) is 7.27. The number of carbonyl (C=O) groups is 2. The van der Waals surface area contributed by atoms with Crippen molar-refractivity contribution < 1.29 is 9.59 Å². The lowest BCUT2D eigenvalue weighted by Crippen LogP contribution is -2.24. The highest BCUT2D eigenvalue weighted by molar-refractivity contribution is 7.99. The number of anilines is 1. The van der Waals surface area contributed by atoms with Crippen molar-refractivity contribution in [2.75, 3.05) is 11.1 Å². The van der Waals surface area contributed by atoms with Crippen LogP contribution in [0.5, 0.6) is 0 Å². The Labute approximate surface area is 201 Å². The third-order valence-electron chi connectivity index (χ3n) is 5.46. The van der Waals surface area contributed by atoms with Gasteiger partial charge < -0.3 is 10.3 Å². The molecule has 1 amide bonds. The number of nitrogens with one attached hydrogen (secondary N) is 2. The molecule has 4 rings (SSSR count). The van der Waals surface area contributed by atoms with E-state index in [-0.39, 0.29) is 23.0 Å². The fourth-order valence-electron chi connectivity index (χ4n) is 3.68. The highest BCUT2D eigenvalue weighted by Gasteiger charge is 2.17. The fraction of sp³-hybridized carbons (Fsp3) is 0.231. The first kappa shape index (κ1) is 23.5. The standard InChI is InChI=1S/C26H26N4O3S/c1-3-4-13-30-25(33)24-23(21(15-27-24)18-9-6-5-7-10-18)29-26(30)34-16-22(32)28-20-12-8-11-19(14-20)17(2)31/h5-12,14-15,27H,3-4,13,16H2,1-2H3,(H,28,32). The molecule has 2 aromatic heterocycles. The number of Topliss-reactive ketones (excluding diaryl/α,β-unsaturated/α-hetero) is 1. The number of hydrogen-bond acceptors (Lipinski definition) is 5. The highest BCUT2D eigenvalue weighted by atomic mass is 32.2. The Hall–Kier alpha value is -3.65. The van der Waals surface area contributed by atoms with Crippen molar-refractivity contribution in [3.05, 3.63) is 76.7 Å². The van der Waals surface area contributed by atoms with Gasteiger partial charge in [0.15, 0.2) is 10.9 Å². The summed E-state index contributed by atoms with van der Waals surface area (Å²) >= 11 is 1.23. The zero-order valence-electron chi connectivity index (χ0n) is 19.1. The molecule has 0 fully saturated rings. The van der Waals surface area contributed by atoms with Crippen LogP contribution in [0.2, 0.25) is 0 Å². The average Bonchev–Trinajstić information content (AvgIpc) is 3.27. The predicted octanol–water partition coefficient (Wildman–Crippen LogP) is 5.13. The molecule has 0 atom stereocenters. The van der Waals surface area contributed by atoms with Gasteiger partial charge in [-0.25, -0.2) is 4.98 Å². The minimum absolute atomic E-state index is 0.0661. The molecular formula is C26H26N4O3S. The van der Waals surface area contributed by atoms with Gasteiger partial charge in [-0.15, -0.1) is 0 Å². The topological polar surface area (TPSA) is 96.8 Å². The van der Waals surface area contributed by atoms with E-state index in [0.29, 0.717) is 34.0 Å². The average molecular weight is 475 g/mol. The smallest absolute Gasteiger partial charge is 0.278 e. The molecule has 0 saturated heterocycles. The van der Waals surface area contributed by atoms with Gasteiger partial charge in [0.05, 0.1) is 5.75 Å². The van der Waals surface area contributed by atoms with Crippen molar-refractivity contribution in [3.8, 4) is 11.1 Å². The van der Waals surface area contributed by atoms with Crippen molar-refractivity contribution in [1.82, 2.24) is 14.5 Å². The van der Waals surface area contributed by atoms with E-state index in [4.69, 9.17) is 4.98 Å².